The van der Waals surface area contributed by atoms with Gasteiger partial charge in [-0.25, -0.2) is 4.39 Å². The molecule has 1 heterocycles. The number of fused-ring (bicyclic) bond motifs is 1. The molecule has 20 heavy (non-hydrogen) atoms. The normalized spacial score (nSPS) is 14.8. The molecule has 1 atom stereocenters. The molecule has 0 spiro atoms. The molecule has 2 aromatic carbocycles. The lowest BCUT2D eigenvalue weighted by molar-refractivity contribution is 0.351. The standard InChI is InChI=1S/C16H15BrFNO/c1-19-15(13-9-11(18)5-6-14(13)17)12-4-2-3-10-7-8-20-16(10)12/h2-6,9,15,19H,7-8H2,1H3. The van der Waals surface area contributed by atoms with Crippen molar-refractivity contribution in [2.75, 3.05) is 13.7 Å². The summed E-state index contributed by atoms with van der Waals surface area (Å²) in [7, 11) is 1.87. The smallest absolute Gasteiger partial charge is 0.127 e. The fraction of sp³-hybridized carbons (Fsp3) is 0.250. The van der Waals surface area contributed by atoms with Gasteiger partial charge in [-0.2, -0.15) is 0 Å². The van der Waals surface area contributed by atoms with Crippen molar-refractivity contribution >= 4 is 15.9 Å². The molecular weight excluding hydrogens is 321 g/mol. The van der Waals surface area contributed by atoms with Gasteiger partial charge in [-0.3, -0.25) is 0 Å². The predicted octanol–water partition coefficient (Wildman–Crippen LogP) is 3.83. The second kappa shape index (κ2) is 5.54. The summed E-state index contributed by atoms with van der Waals surface area (Å²) < 4.78 is 20.2. The third-order valence-corrected chi connectivity index (χ3v) is 4.34. The Morgan fingerprint density at radius 2 is 2.10 bits per heavy atom. The molecule has 0 aliphatic carbocycles. The number of para-hydroxylation sites is 1. The first-order valence-electron chi connectivity index (χ1n) is 6.57. The molecule has 0 saturated heterocycles. The van der Waals surface area contributed by atoms with Crippen LogP contribution in [0.15, 0.2) is 40.9 Å². The van der Waals surface area contributed by atoms with Gasteiger partial charge in [-0.1, -0.05) is 34.1 Å². The molecule has 0 fully saturated rings. The van der Waals surface area contributed by atoms with Crippen LogP contribution in [0.25, 0.3) is 0 Å². The second-order valence-electron chi connectivity index (χ2n) is 4.82. The van der Waals surface area contributed by atoms with Gasteiger partial charge in [0.1, 0.15) is 11.6 Å². The summed E-state index contributed by atoms with van der Waals surface area (Å²) in [5.74, 6) is 0.694. The lowest BCUT2D eigenvalue weighted by Gasteiger charge is -2.21. The van der Waals surface area contributed by atoms with Crippen molar-refractivity contribution in [3.05, 3.63) is 63.4 Å². The summed E-state index contributed by atoms with van der Waals surface area (Å²) in [5.41, 5.74) is 3.14. The third-order valence-electron chi connectivity index (χ3n) is 3.61. The molecule has 1 aliphatic rings. The van der Waals surface area contributed by atoms with Crippen LogP contribution >= 0.6 is 15.9 Å². The van der Waals surface area contributed by atoms with E-state index in [4.69, 9.17) is 4.74 Å². The van der Waals surface area contributed by atoms with Crippen molar-refractivity contribution in [3.63, 3.8) is 0 Å². The lowest BCUT2D eigenvalue weighted by atomic mass is 9.96. The van der Waals surface area contributed by atoms with E-state index in [1.165, 1.54) is 11.6 Å². The number of ether oxygens (including phenoxy) is 1. The average molecular weight is 336 g/mol. The molecule has 3 rings (SSSR count). The van der Waals surface area contributed by atoms with Gasteiger partial charge in [0.15, 0.2) is 0 Å². The van der Waals surface area contributed by atoms with Gasteiger partial charge in [0, 0.05) is 16.5 Å². The van der Waals surface area contributed by atoms with E-state index in [1.54, 1.807) is 12.1 Å². The van der Waals surface area contributed by atoms with E-state index < -0.39 is 0 Å². The Bertz CT molecular complexity index is 644. The summed E-state index contributed by atoms with van der Waals surface area (Å²) in [4.78, 5) is 0. The zero-order valence-electron chi connectivity index (χ0n) is 11.1. The fourth-order valence-electron chi connectivity index (χ4n) is 2.68. The minimum Gasteiger partial charge on any atom is -0.493 e. The molecule has 0 bridgehead atoms. The van der Waals surface area contributed by atoms with Gasteiger partial charge >= 0.3 is 0 Å². The molecule has 2 aromatic rings. The quantitative estimate of drug-likeness (QED) is 0.920. The van der Waals surface area contributed by atoms with E-state index >= 15 is 0 Å². The highest BCUT2D eigenvalue weighted by Crippen LogP contribution is 2.38. The van der Waals surface area contributed by atoms with Gasteiger partial charge in [-0.05, 0) is 36.4 Å². The molecule has 1 unspecified atom stereocenters. The first-order chi connectivity index (χ1) is 9.70. The van der Waals surface area contributed by atoms with Gasteiger partial charge in [-0.15, -0.1) is 0 Å². The zero-order valence-corrected chi connectivity index (χ0v) is 12.7. The first kappa shape index (κ1) is 13.6. The third kappa shape index (κ3) is 2.34. The molecule has 0 saturated carbocycles. The van der Waals surface area contributed by atoms with Crippen LogP contribution in [0.2, 0.25) is 0 Å². The summed E-state index contributed by atoms with van der Waals surface area (Å²) in [6.45, 7) is 0.715. The molecule has 104 valence electrons. The van der Waals surface area contributed by atoms with Crippen molar-refractivity contribution in [1.82, 2.24) is 5.32 Å². The van der Waals surface area contributed by atoms with Crippen LogP contribution < -0.4 is 10.1 Å². The summed E-state index contributed by atoms with van der Waals surface area (Å²) in [6, 6.07) is 10.8. The largest absolute Gasteiger partial charge is 0.493 e. The minimum absolute atomic E-state index is 0.104. The van der Waals surface area contributed by atoms with Crippen LogP contribution in [0.1, 0.15) is 22.7 Å². The Morgan fingerprint density at radius 1 is 1.25 bits per heavy atom. The molecule has 1 aliphatic heterocycles. The van der Waals surface area contributed by atoms with Crippen molar-refractivity contribution in [2.45, 2.75) is 12.5 Å². The van der Waals surface area contributed by atoms with E-state index in [1.807, 2.05) is 19.2 Å². The average Bonchev–Trinajstić information content (AvgIpc) is 2.92. The molecule has 1 N–H and O–H groups in total. The van der Waals surface area contributed by atoms with Crippen LogP contribution in [0.3, 0.4) is 0 Å². The fourth-order valence-corrected chi connectivity index (χ4v) is 3.16. The number of nitrogens with one attached hydrogen (secondary N) is 1. The Hall–Kier alpha value is -1.39. The second-order valence-corrected chi connectivity index (χ2v) is 5.68. The number of halogens is 2. The monoisotopic (exact) mass is 335 g/mol. The molecule has 0 aromatic heterocycles. The topological polar surface area (TPSA) is 21.3 Å². The highest BCUT2D eigenvalue weighted by molar-refractivity contribution is 9.10. The van der Waals surface area contributed by atoms with Crippen LogP contribution in [0, 0.1) is 5.82 Å². The van der Waals surface area contributed by atoms with Crippen molar-refractivity contribution in [2.24, 2.45) is 0 Å². The highest BCUT2D eigenvalue weighted by atomic mass is 79.9. The number of hydrogen-bond acceptors (Lipinski definition) is 2. The number of benzene rings is 2. The Kier molecular flexibility index (Phi) is 3.76. The molecule has 0 amide bonds. The maximum Gasteiger partial charge on any atom is 0.127 e. The van der Waals surface area contributed by atoms with E-state index in [0.29, 0.717) is 6.61 Å². The number of rotatable bonds is 3. The zero-order chi connectivity index (χ0) is 14.1. The number of hydrogen-bond donors (Lipinski definition) is 1. The molecule has 4 heteroatoms. The highest BCUT2D eigenvalue weighted by Gasteiger charge is 2.23. The van der Waals surface area contributed by atoms with E-state index in [9.17, 15) is 4.39 Å². The molecule has 2 nitrogen and oxygen atoms in total. The van der Waals surface area contributed by atoms with Gasteiger partial charge in [0.25, 0.3) is 0 Å². The Labute approximate surface area is 126 Å². The van der Waals surface area contributed by atoms with Crippen LogP contribution in [-0.2, 0) is 6.42 Å². The van der Waals surface area contributed by atoms with Crippen LogP contribution in [-0.4, -0.2) is 13.7 Å². The van der Waals surface area contributed by atoms with Gasteiger partial charge < -0.3 is 10.1 Å². The maximum atomic E-state index is 13.6. The SMILES string of the molecule is CNC(c1cc(F)ccc1Br)c1cccc2c1OCC2. The van der Waals surface area contributed by atoms with E-state index in [-0.39, 0.29) is 11.9 Å². The lowest BCUT2D eigenvalue weighted by Crippen LogP contribution is -2.19. The van der Waals surface area contributed by atoms with Crippen LogP contribution in [0.4, 0.5) is 4.39 Å². The van der Waals surface area contributed by atoms with Crippen molar-refractivity contribution in [1.29, 1.82) is 0 Å². The van der Waals surface area contributed by atoms with Gasteiger partial charge in [0.05, 0.1) is 12.6 Å². The molecule has 0 radical (unpaired) electrons. The Balaban J connectivity index is 2.11. The van der Waals surface area contributed by atoms with Gasteiger partial charge in [0.2, 0.25) is 0 Å². The van der Waals surface area contributed by atoms with Crippen molar-refractivity contribution in [3.8, 4) is 5.75 Å². The summed E-state index contributed by atoms with van der Waals surface area (Å²) >= 11 is 3.50. The summed E-state index contributed by atoms with van der Waals surface area (Å²) in [5, 5.41) is 3.26. The molecular formula is C16H15BrFNO. The van der Waals surface area contributed by atoms with E-state index in [0.717, 1.165) is 27.8 Å². The Morgan fingerprint density at radius 3 is 2.90 bits per heavy atom. The maximum absolute atomic E-state index is 13.6. The van der Waals surface area contributed by atoms with E-state index in [2.05, 4.69) is 27.3 Å². The van der Waals surface area contributed by atoms with Crippen LogP contribution in [0.5, 0.6) is 5.75 Å². The summed E-state index contributed by atoms with van der Waals surface area (Å²) in [6.07, 6.45) is 0.934. The first-order valence-corrected chi connectivity index (χ1v) is 7.37. The van der Waals surface area contributed by atoms with Crippen molar-refractivity contribution < 1.29 is 9.13 Å². The predicted molar refractivity (Wildman–Crippen MR) is 80.6 cm³/mol. The minimum atomic E-state index is -0.239.